The second-order valence-electron chi connectivity index (χ2n) is 8.12. The molecule has 2 aliphatic heterocycles. The second kappa shape index (κ2) is 8.31. The Hall–Kier alpha value is -2.77. The molecule has 0 saturated carbocycles. The van der Waals surface area contributed by atoms with Crippen LogP contribution in [0.4, 0.5) is 0 Å². The summed E-state index contributed by atoms with van der Waals surface area (Å²) in [6.07, 6.45) is 8.09. The smallest absolute Gasteiger partial charge is 0.227 e. The van der Waals surface area contributed by atoms with Gasteiger partial charge in [0.1, 0.15) is 5.82 Å². The van der Waals surface area contributed by atoms with Gasteiger partial charge in [-0.3, -0.25) is 14.3 Å². The normalized spacial score (nSPS) is 18.4. The fraction of sp³-hybridized carbons (Fsp3) is 0.571. The summed E-state index contributed by atoms with van der Waals surface area (Å²) in [4.78, 5) is 37.6. The van der Waals surface area contributed by atoms with Crippen molar-refractivity contribution in [3.8, 4) is 0 Å². The van der Waals surface area contributed by atoms with E-state index in [0.29, 0.717) is 25.6 Å². The average molecular weight is 396 g/mol. The first-order valence-corrected chi connectivity index (χ1v) is 10.4. The molecule has 2 aromatic heterocycles. The van der Waals surface area contributed by atoms with Crippen LogP contribution in [0.1, 0.15) is 49.7 Å². The fourth-order valence-electron chi connectivity index (χ4n) is 4.25. The highest BCUT2D eigenvalue weighted by Crippen LogP contribution is 2.27. The Morgan fingerprint density at radius 1 is 1.21 bits per heavy atom. The van der Waals surface area contributed by atoms with Crippen molar-refractivity contribution in [3.05, 3.63) is 41.7 Å². The van der Waals surface area contributed by atoms with Crippen LogP contribution in [0.15, 0.2) is 24.7 Å². The third kappa shape index (κ3) is 4.31. The predicted molar refractivity (Wildman–Crippen MR) is 107 cm³/mol. The van der Waals surface area contributed by atoms with Gasteiger partial charge in [0.2, 0.25) is 11.8 Å². The number of hydrogen-bond donors (Lipinski definition) is 0. The molecule has 0 aromatic carbocycles. The van der Waals surface area contributed by atoms with E-state index in [1.165, 1.54) is 0 Å². The number of amides is 2. The lowest BCUT2D eigenvalue weighted by Gasteiger charge is -2.32. The molecule has 8 nitrogen and oxygen atoms in total. The minimum absolute atomic E-state index is 0.122. The van der Waals surface area contributed by atoms with Crippen LogP contribution in [-0.4, -0.2) is 61.0 Å². The summed E-state index contributed by atoms with van der Waals surface area (Å²) in [5.41, 5.74) is 2.11. The number of nitrogens with zero attached hydrogens (tertiary/aromatic N) is 6. The number of likely N-dealkylation sites (tertiary alicyclic amines) is 1. The van der Waals surface area contributed by atoms with Crippen molar-refractivity contribution < 1.29 is 9.59 Å². The highest BCUT2D eigenvalue weighted by atomic mass is 16.2. The van der Waals surface area contributed by atoms with E-state index in [-0.39, 0.29) is 17.7 Å². The van der Waals surface area contributed by atoms with Gasteiger partial charge in [-0.15, -0.1) is 0 Å². The highest BCUT2D eigenvalue weighted by Gasteiger charge is 2.28. The van der Waals surface area contributed by atoms with E-state index >= 15 is 0 Å². The van der Waals surface area contributed by atoms with Crippen LogP contribution >= 0.6 is 0 Å². The molecule has 1 atom stereocenters. The molecule has 29 heavy (non-hydrogen) atoms. The van der Waals surface area contributed by atoms with Crippen LogP contribution in [0.5, 0.6) is 0 Å². The minimum atomic E-state index is -0.122. The summed E-state index contributed by atoms with van der Waals surface area (Å²) in [6.45, 7) is 6.97. The largest absolute Gasteiger partial charge is 0.343 e. The summed E-state index contributed by atoms with van der Waals surface area (Å²) in [5.74, 6) is 1.36. The average Bonchev–Trinajstić information content (AvgIpc) is 3.25. The molecule has 4 heterocycles. The topological polar surface area (TPSA) is 84.2 Å². The maximum Gasteiger partial charge on any atom is 0.227 e. The van der Waals surface area contributed by atoms with Crippen molar-refractivity contribution in [2.75, 3.05) is 19.6 Å². The predicted octanol–water partition coefficient (Wildman–Crippen LogP) is 1.62. The molecule has 0 radical (unpaired) electrons. The monoisotopic (exact) mass is 396 g/mol. The van der Waals surface area contributed by atoms with Crippen molar-refractivity contribution in [2.45, 2.75) is 52.1 Å². The lowest BCUT2D eigenvalue weighted by molar-refractivity contribution is -0.136. The Kier molecular flexibility index (Phi) is 5.60. The Morgan fingerprint density at radius 3 is 2.69 bits per heavy atom. The van der Waals surface area contributed by atoms with Crippen LogP contribution in [0, 0.1) is 5.92 Å². The molecule has 1 fully saturated rings. The van der Waals surface area contributed by atoms with Crippen molar-refractivity contribution in [1.82, 2.24) is 29.5 Å². The van der Waals surface area contributed by atoms with E-state index < -0.39 is 0 Å². The molecular weight excluding hydrogens is 368 g/mol. The molecule has 2 aliphatic rings. The molecule has 2 aromatic rings. The Bertz CT molecular complexity index is 873. The minimum Gasteiger partial charge on any atom is -0.343 e. The standard InChI is InChI=1S/C21H28N6O2/c1-15(13-27-8-3-7-23-27)21(29)26-11-6-19-18(14-26)12-22-20(24-19)17-4-9-25(10-5-17)16(2)28/h3,7-8,12,15,17H,4-6,9-11,13-14H2,1-2H3/t15-/m0/s1. The van der Waals surface area contributed by atoms with E-state index in [2.05, 4.69) is 10.1 Å². The summed E-state index contributed by atoms with van der Waals surface area (Å²) >= 11 is 0. The van der Waals surface area contributed by atoms with Gasteiger partial charge in [0.15, 0.2) is 0 Å². The molecule has 0 N–H and O–H groups in total. The fourth-order valence-corrected chi connectivity index (χ4v) is 4.25. The molecule has 8 heteroatoms. The third-order valence-corrected chi connectivity index (χ3v) is 6.01. The second-order valence-corrected chi connectivity index (χ2v) is 8.12. The Morgan fingerprint density at radius 2 is 2.00 bits per heavy atom. The number of hydrogen-bond acceptors (Lipinski definition) is 5. The molecule has 1 saturated heterocycles. The molecule has 2 amide bonds. The summed E-state index contributed by atoms with van der Waals surface area (Å²) in [5, 5.41) is 4.19. The zero-order valence-corrected chi connectivity index (χ0v) is 17.1. The van der Waals surface area contributed by atoms with E-state index in [0.717, 1.165) is 49.4 Å². The Balaban J connectivity index is 1.38. The molecule has 154 valence electrons. The lowest BCUT2D eigenvalue weighted by Crippen LogP contribution is -2.41. The Labute approximate surface area is 170 Å². The van der Waals surface area contributed by atoms with Gasteiger partial charge < -0.3 is 9.80 Å². The van der Waals surface area contributed by atoms with Gasteiger partial charge in [-0.25, -0.2) is 9.97 Å². The zero-order valence-electron chi connectivity index (χ0n) is 17.1. The number of rotatable bonds is 4. The third-order valence-electron chi connectivity index (χ3n) is 6.01. The van der Waals surface area contributed by atoms with Crippen molar-refractivity contribution in [2.24, 2.45) is 5.92 Å². The van der Waals surface area contributed by atoms with E-state index in [1.807, 2.05) is 35.2 Å². The molecule has 0 unspecified atom stereocenters. The van der Waals surface area contributed by atoms with Crippen LogP contribution in [0.3, 0.4) is 0 Å². The first kappa shape index (κ1) is 19.5. The SMILES string of the molecule is CC(=O)N1CCC(c2ncc3c(n2)CCN(C(=O)[C@@H](C)Cn2cccn2)C3)CC1. The summed E-state index contributed by atoms with van der Waals surface area (Å²) < 4.78 is 1.80. The molecule has 0 spiro atoms. The molecule has 0 bridgehead atoms. The number of fused-ring (bicyclic) bond motifs is 1. The summed E-state index contributed by atoms with van der Waals surface area (Å²) in [6, 6.07) is 1.87. The van der Waals surface area contributed by atoms with Crippen LogP contribution in [0.25, 0.3) is 0 Å². The first-order chi connectivity index (χ1) is 14.0. The quantitative estimate of drug-likeness (QED) is 0.784. The van der Waals surface area contributed by atoms with E-state index in [4.69, 9.17) is 4.98 Å². The molecule has 0 aliphatic carbocycles. The first-order valence-electron chi connectivity index (χ1n) is 10.4. The maximum absolute atomic E-state index is 12.8. The zero-order chi connectivity index (χ0) is 20.4. The lowest BCUT2D eigenvalue weighted by atomic mass is 9.95. The highest BCUT2D eigenvalue weighted by molar-refractivity contribution is 5.78. The van der Waals surface area contributed by atoms with Crippen molar-refractivity contribution >= 4 is 11.8 Å². The van der Waals surface area contributed by atoms with Gasteiger partial charge in [-0.1, -0.05) is 6.92 Å². The van der Waals surface area contributed by atoms with E-state index in [9.17, 15) is 9.59 Å². The molecular formula is C21H28N6O2. The molecule has 4 rings (SSSR count). The van der Waals surface area contributed by atoms with Crippen LogP contribution in [-0.2, 0) is 29.1 Å². The van der Waals surface area contributed by atoms with Gasteiger partial charge in [-0.2, -0.15) is 5.10 Å². The summed E-state index contributed by atoms with van der Waals surface area (Å²) in [7, 11) is 0. The van der Waals surface area contributed by atoms with Crippen LogP contribution in [0.2, 0.25) is 0 Å². The van der Waals surface area contributed by atoms with Crippen molar-refractivity contribution in [1.29, 1.82) is 0 Å². The number of carbonyl (C=O) groups is 2. The number of carbonyl (C=O) groups excluding carboxylic acids is 2. The van der Waals surface area contributed by atoms with Gasteiger partial charge in [0.05, 0.1) is 18.2 Å². The van der Waals surface area contributed by atoms with E-state index in [1.54, 1.807) is 17.8 Å². The van der Waals surface area contributed by atoms with Gasteiger partial charge in [0.25, 0.3) is 0 Å². The number of piperidine rings is 1. The van der Waals surface area contributed by atoms with Crippen LogP contribution < -0.4 is 0 Å². The number of aromatic nitrogens is 4. The van der Waals surface area contributed by atoms with Crippen molar-refractivity contribution in [3.63, 3.8) is 0 Å². The maximum atomic E-state index is 12.8. The van der Waals surface area contributed by atoms with Gasteiger partial charge in [-0.05, 0) is 18.9 Å². The van der Waals surface area contributed by atoms with Gasteiger partial charge in [0, 0.05) is 69.6 Å². The van der Waals surface area contributed by atoms with Gasteiger partial charge >= 0.3 is 0 Å².